The van der Waals surface area contributed by atoms with Crippen LogP contribution in [0.25, 0.3) is 11.0 Å². The fraction of sp³-hybridized carbons (Fsp3) is 0.500. The fourth-order valence-corrected chi connectivity index (χ4v) is 5.09. The number of aliphatic hydroxyl groups is 1. The van der Waals surface area contributed by atoms with Crippen molar-refractivity contribution < 1.29 is 15.0 Å². The Morgan fingerprint density at radius 3 is 2.56 bits per heavy atom. The zero-order valence-corrected chi connectivity index (χ0v) is 19.4. The monoisotopic (exact) mass is 465 g/mol. The second-order valence-electron chi connectivity index (χ2n) is 9.28. The van der Waals surface area contributed by atoms with E-state index in [0.717, 1.165) is 62.9 Å². The molecule has 2 aliphatic rings. The van der Waals surface area contributed by atoms with E-state index in [4.69, 9.17) is 0 Å². The predicted molar refractivity (Wildman–Crippen MR) is 130 cm³/mol. The molecule has 0 bridgehead atoms. The van der Waals surface area contributed by atoms with E-state index >= 15 is 0 Å². The van der Waals surface area contributed by atoms with Gasteiger partial charge in [0.1, 0.15) is 17.2 Å². The zero-order chi connectivity index (χ0) is 23.7. The molecule has 34 heavy (non-hydrogen) atoms. The first-order valence-corrected chi connectivity index (χ1v) is 12.0. The Balaban J connectivity index is 1.31. The standard InChI is InChI=1S/C24H31N7O3/c1-16(32)15-29-8-10-30(11-9-29)19-6-7-21(25-14-19)27-24-26-13-17-12-20(23(33)34)31(22(17)28-24)18-4-2-3-5-18/h6-7,12-14,16,18,32H,2-5,8-11,15H2,1H3,(H,33,34)(H,25,26,27,28). The normalized spacial score (nSPS) is 18.5. The van der Waals surface area contributed by atoms with Crippen molar-refractivity contribution in [1.82, 2.24) is 24.4 Å². The minimum Gasteiger partial charge on any atom is -0.477 e. The predicted octanol–water partition coefficient (Wildman–Crippen LogP) is 2.89. The molecule has 1 aliphatic heterocycles. The van der Waals surface area contributed by atoms with Gasteiger partial charge in [-0.3, -0.25) is 4.90 Å². The molecule has 10 nitrogen and oxygen atoms in total. The molecule has 4 heterocycles. The highest BCUT2D eigenvalue weighted by atomic mass is 16.4. The molecule has 0 amide bonds. The Hall–Kier alpha value is -3.24. The quantitative estimate of drug-likeness (QED) is 0.484. The Kier molecular flexibility index (Phi) is 6.34. The second kappa shape index (κ2) is 9.55. The van der Waals surface area contributed by atoms with Gasteiger partial charge in [0.2, 0.25) is 5.95 Å². The summed E-state index contributed by atoms with van der Waals surface area (Å²) in [4.78, 5) is 30.0. The van der Waals surface area contributed by atoms with Crippen molar-refractivity contribution in [3.05, 3.63) is 36.3 Å². The number of rotatable bonds is 7. The second-order valence-corrected chi connectivity index (χ2v) is 9.28. The number of aromatic carboxylic acids is 1. The molecule has 3 N–H and O–H groups in total. The maximum atomic E-state index is 11.8. The van der Waals surface area contributed by atoms with E-state index in [2.05, 4.69) is 30.1 Å². The number of fused-ring (bicyclic) bond motifs is 1. The van der Waals surface area contributed by atoms with Crippen molar-refractivity contribution in [2.75, 3.05) is 42.9 Å². The molecule has 10 heteroatoms. The number of piperazine rings is 1. The van der Waals surface area contributed by atoms with Crippen LogP contribution in [0.3, 0.4) is 0 Å². The van der Waals surface area contributed by atoms with Crippen LogP contribution in [-0.2, 0) is 0 Å². The van der Waals surface area contributed by atoms with Crippen LogP contribution in [-0.4, -0.2) is 79.4 Å². The van der Waals surface area contributed by atoms with Gasteiger partial charge < -0.3 is 25.0 Å². The van der Waals surface area contributed by atoms with E-state index in [1.807, 2.05) is 29.8 Å². The summed E-state index contributed by atoms with van der Waals surface area (Å²) in [5.74, 6) is 0.0883. The van der Waals surface area contributed by atoms with Gasteiger partial charge in [-0.1, -0.05) is 12.8 Å². The Labute approximate surface area is 198 Å². The maximum absolute atomic E-state index is 11.8. The summed E-state index contributed by atoms with van der Waals surface area (Å²) in [5, 5.41) is 23.2. The Morgan fingerprint density at radius 2 is 1.91 bits per heavy atom. The molecule has 2 fully saturated rings. The van der Waals surface area contributed by atoms with Gasteiger partial charge >= 0.3 is 5.97 Å². The SMILES string of the molecule is CC(O)CN1CCN(c2ccc(Nc3ncc4cc(C(=O)O)n(C5CCCC5)c4n3)nc2)CC1. The highest BCUT2D eigenvalue weighted by molar-refractivity contribution is 5.93. The molecule has 0 aromatic carbocycles. The number of carbonyl (C=O) groups is 1. The van der Waals surface area contributed by atoms with Gasteiger partial charge in [-0.2, -0.15) is 4.98 Å². The molecule has 1 saturated heterocycles. The number of β-amino-alcohol motifs (C(OH)–C–C–N with tert-alkyl or cyclic N) is 1. The summed E-state index contributed by atoms with van der Waals surface area (Å²) in [6.07, 6.45) is 7.34. The summed E-state index contributed by atoms with van der Waals surface area (Å²) < 4.78 is 1.87. The van der Waals surface area contributed by atoms with Crippen LogP contribution < -0.4 is 10.2 Å². The van der Waals surface area contributed by atoms with Gasteiger partial charge in [-0.05, 0) is 38.0 Å². The Morgan fingerprint density at radius 1 is 1.15 bits per heavy atom. The van der Waals surface area contributed by atoms with Gasteiger partial charge in [0.25, 0.3) is 0 Å². The molecule has 0 spiro atoms. The van der Waals surface area contributed by atoms with E-state index in [1.54, 1.807) is 12.3 Å². The third kappa shape index (κ3) is 4.69. The number of hydrogen-bond donors (Lipinski definition) is 3. The van der Waals surface area contributed by atoms with Crippen LogP contribution in [0.4, 0.5) is 17.5 Å². The highest BCUT2D eigenvalue weighted by Crippen LogP contribution is 2.34. The first-order chi connectivity index (χ1) is 16.5. The number of nitrogens with zero attached hydrogens (tertiary/aromatic N) is 6. The van der Waals surface area contributed by atoms with Gasteiger partial charge in [-0.15, -0.1) is 0 Å². The van der Waals surface area contributed by atoms with Crippen LogP contribution in [0.1, 0.15) is 49.1 Å². The fourth-order valence-electron chi connectivity index (χ4n) is 5.09. The average molecular weight is 466 g/mol. The van der Waals surface area contributed by atoms with Gasteiger partial charge in [0.05, 0.1) is 18.0 Å². The first kappa shape index (κ1) is 22.5. The number of aromatic nitrogens is 4. The van der Waals surface area contributed by atoms with Crippen molar-refractivity contribution in [2.24, 2.45) is 0 Å². The molecule has 1 aliphatic carbocycles. The number of carboxylic acids is 1. The molecule has 1 saturated carbocycles. The van der Waals surface area contributed by atoms with Crippen LogP contribution >= 0.6 is 0 Å². The summed E-state index contributed by atoms with van der Waals surface area (Å²) >= 11 is 0. The van der Waals surface area contributed by atoms with Crippen molar-refractivity contribution in [1.29, 1.82) is 0 Å². The van der Waals surface area contributed by atoms with Crippen molar-refractivity contribution in [3.63, 3.8) is 0 Å². The molecule has 180 valence electrons. The van der Waals surface area contributed by atoms with Gasteiger partial charge in [-0.25, -0.2) is 14.8 Å². The molecular formula is C24H31N7O3. The summed E-state index contributed by atoms with van der Waals surface area (Å²) in [7, 11) is 0. The molecule has 0 radical (unpaired) electrons. The van der Waals surface area contributed by atoms with Gasteiger partial charge in [0, 0.05) is 50.3 Å². The van der Waals surface area contributed by atoms with E-state index in [1.165, 1.54) is 0 Å². The van der Waals surface area contributed by atoms with Crippen molar-refractivity contribution in [2.45, 2.75) is 44.8 Å². The third-order valence-corrected chi connectivity index (χ3v) is 6.73. The third-order valence-electron chi connectivity index (χ3n) is 6.73. The van der Waals surface area contributed by atoms with Crippen LogP contribution in [0.5, 0.6) is 0 Å². The lowest BCUT2D eigenvalue weighted by Crippen LogP contribution is -2.48. The van der Waals surface area contributed by atoms with Crippen molar-refractivity contribution >= 4 is 34.5 Å². The number of hydrogen-bond acceptors (Lipinski definition) is 8. The van der Waals surface area contributed by atoms with Gasteiger partial charge in [0.15, 0.2) is 0 Å². The lowest BCUT2D eigenvalue weighted by atomic mass is 10.2. The minimum absolute atomic E-state index is 0.157. The topological polar surface area (TPSA) is 120 Å². The first-order valence-electron chi connectivity index (χ1n) is 12.0. The number of nitrogens with one attached hydrogen (secondary N) is 1. The number of anilines is 3. The van der Waals surface area contributed by atoms with Crippen molar-refractivity contribution in [3.8, 4) is 0 Å². The number of aliphatic hydroxyl groups excluding tert-OH is 1. The molecule has 3 aromatic heterocycles. The summed E-state index contributed by atoms with van der Waals surface area (Å²) in [5.41, 5.74) is 1.97. The maximum Gasteiger partial charge on any atom is 0.352 e. The lowest BCUT2D eigenvalue weighted by Gasteiger charge is -2.36. The largest absolute Gasteiger partial charge is 0.477 e. The van der Waals surface area contributed by atoms with Crippen LogP contribution in [0.2, 0.25) is 0 Å². The van der Waals surface area contributed by atoms with E-state index in [-0.39, 0.29) is 17.8 Å². The summed E-state index contributed by atoms with van der Waals surface area (Å²) in [6, 6.07) is 5.75. The number of carboxylic acid groups (broad SMARTS) is 1. The average Bonchev–Trinajstić information content (AvgIpc) is 3.47. The van der Waals surface area contributed by atoms with Crippen LogP contribution in [0.15, 0.2) is 30.6 Å². The lowest BCUT2D eigenvalue weighted by molar-refractivity contribution is 0.0683. The summed E-state index contributed by atoms with van der Waals surface area (Å²) in [6.45, 7) is 6.14. The smallest absolute Gasteiger partial charge is 0.352 e. The molecule has 5 rings (SSSR count). The molecule has 1 unspecified atom stereocenters. The molecule has 3 aromatic rings. The highest BCUT2D eigenvalue weighted by Gasteiger charge is 2.25. The number of pyridine rings is 1. The Bertz CT molecular complexity index is 1150. The zero-order valence-electron chi connectivity index (χ0n) is 19.4. The van der Waals surface area contributed by atoms with E-state index < -0.39 is 5.97 Å². The van der Waals surface area contributed by atoms with Crippen LogP contribution in [0, 0.1) is 0 Å². The van der Waals surface area contributed by atoms with E-state index in [9.17, 15) is 15.0 Å². The molecule has 1 atom stereocenters. The minimum atomic E-state index is -0.941. The molecular weight excluding hydrogens is 434 g/mol. The van der Waals surface area contributed by atoms with E-state index in [0.29, 0.717) is 24.0 Å².